The highest BCUT2D eigenvalue weighted by Gasteiger charge is 2.22. The molecule has 2 rings (SSSR count). The number of amides is 1. The molecule has 1 aromatic rings. The molecule has 0 bridgehead atoms. The Hall–Kier alpha value is -1.91. The molecule has 1 aromatic carbocycles. The quantitative estimate of drug-likeness (QED) is 0.847. The molecule has 0 aliphatic heterocycles. The molecule has 0 spiro atoms. The molecule has 1 aliphatic rings. The van der Waals surface area contributed by atoms with Crippen molar-refractivity contribution in [3.8, 4) is 0 Å². The summed E-state index contributed by atoms with van der Waals surface area (Å²) in [6.07, 6.45) is 4.85. The van der Waals surface area contributed by atoms with Crippen LogP contribution in [0.5, 0.6) is 0 Å². The van der Waals surface area contributed by atoms with Gasteiger partial charge in [-0.15, -0.1) is 0 Å². The fraction of sp³-hybridized carbons (Fsp3) is 0.588. The molecule has 0 unspecified atom stereocenters. The van der Waals surface area contributed by atoms with Gasteiger partial charge in [0.1, 0.15) is 0 Å². The van der Waals surface area contributed by atoms with E-state index in [0.717, 1.165) is 11.5 Å². The van der Waals surface area contributed by atoms with Crippen LogP contribution in [0.3, 0.4) is 0 Å². The van der Waals surface area contributed by atoms with Crippen LogP contribution in [0.4, 0.5) is 5.69 Å². The van der Waals surface area contributed by atoms with Crippen molar-refractivity contribution in [2.75, 3.05) is 13.7 Å². The monoisotopic (exact) mass is 305 g/mol. The Balaban J connectivity index is 1.96. The Morgan fingerprint density at radius 2 is 2.00 bits per heavy atom. The van der Waals surface area contributed by atoms with Gasteiger partial charge in [-0.3, -0.25) is 4.79 Å². The van der Waals surface area contributed by atoms with Crippen LogP contribution < -0.4 is 5.32 Å². The second-order valence-corrected chi connectivity index (χ2v) is 6.28. The molecular formula is C17H25N2O3+. The van der Waals surface area contributed by atoms with Crippen LogP contribution in [-0.4, -0.2) is 24.5 Å². The van der Waals surface area contributed by atoms with Crippen molar-refractivity contribution in [3.63, 3.8) is 0 Å². The SMILES string of the molecule is CO[N+](=O)c1cc(C(=O)NCC2CCC(C)CC2)ccc1C. The van der Waals surface area contributed by atoms with E-state index in [1.54, 1.807) is 18.2 Å². The molecule has 0 radical (unpaired) electrons. The van der Waals surface area contributed by atoms with Gasteiger partial charge in [0.2, 0.25) is 0 Å². The lowest BCUT2D eigenvalue weighted by atomic mass is 9.83. The zero-order valence-electron chi connectivity index (χ0n) is 13.6. The topological polar surface area (TPSA) is 58.4 Å². The van der Waals surface area contributed by atoms with Crippen molar-refractivity contribution < 1.29 is 14.6 Å². The molecule has 1 amide bonds. The zero-order chi connectivity index (χ0) is 16.1. The van der Waals surface area contributed by atoms with Crippen LogP contribution in [0.1, 0.15) is 48.5 Å². The molecule has 1 saturated carbocycles. The molecule has 120 valence electrons. The van der Waals surface area contributed by atoms with Crippen molar-refractivity contribution >= 4 is 11.6 Å². The van der Waals surface area contributed by atoms with Crippen molar-refractivity contribution in [3.05, 3.63) is 34.2 Å². The van der Waals surface area contributed by atoms with E-state index in [4.69, 9.17) is 0 Å². The van der Waals surface area contributed by atoms with E-state index >= 15 is 0 Å². The molecule has 5 heteroatoms. The Morgan fingerprint density at radius 1 is 1.32 bits per heavy atom. The predicted octanol–water partition coefficient (Wildman–Crippen LogP) is 3.52. The first kappa shape index (κ1) is 16.5. The van der Waals surface area contributed by atoms with E-state index in [1.165, 1.54) is 32.8 Å². The van der Waals surface area contributed by atoms with Crippen molar-refractivity contribution in [1.29, 1.82) is 0 Å². The lowest BCUT2D eigenvalue weighted by Gasteiger charge is -2.26. The van der Waals surface area contributed by atoms with Crippen LogP contribution in [0, 0.1) is 23.7 Å². The molecule has 0 saturated heterocycles. The summed E-state index contributed by atoms with van der Waals surface area (Å²) >= 11 is 0. The number of rotatable bonds is 5. The standard InChI is InChI=1S/C17H24N2O3/c1-12-4-7-14(8-5-12)11-18-17(20)15-9-6-13(2)16(10-15)19(21)22-3/h6,9-10,12,14H,4-5,7-8,11H2,1-3H3/p+1. The summed E-state index contributed by atoms with van der Waals surface area (Å²) in [6, 6.07) is 5.07. The molecule has 1 aliphatic carbocycles. The van der Waals surface area contributed by atoms with Crippen LogP contribution in [0.25, 0.3) is 0 Å². The molecular weight excluding hydrogens is 280 g/mol. The second-order valence-electron chi connectivity index (χ2n) is 6.28. The van der Waals surface area contributed by atoms with Gasteiger partial charge in [-0.2, -0.15) is 0 Å². The molecule has 22 heavy (non-hydrogen) atoms. The van der Waals surface area contributed by atoms with E-state index in [9.17, 15) is 9.70 Å². The maximum atomic E-state index is 12.3. The van der Waals surface area contributed by atoms with Gasteiger partial charge in [-0.25, -0.2) is 4.84 Å². The summed E-state index contributed by atoms with van der Waals surface area (Å²) < 4.78 is 0. The van der Waals surface area contributed by atoms with E-state index < -0.39 is 0 Å². The third-order valence-corrected chi connectivity index (χ3v) is 4.52. The van der Waals surface area contributed by atoms with E-state index in [0.29, 0.717) is 28.6 Å². The Morgan fingerprint density at radius 3 is 2.64 bits per heavy atom. The summed E-state index contributed by atoms with van der Waals surface area (Å²) in [4.78, 5) is 28.9. The number of carbonyl (C=O) groups is 1. The second kappa shape index (κ2) is 7.38. The lowest BCUT2D eigenvalue weighted by molar-refractivity contribution is -0.737. The maximum Gasteiger partial charge on any atom is 0.320 e. The molecule has 1 N–H and O–H groups in total. The number of carbonyl (C=O) groups excluding carboxylic acids is 1. The summed E-state index contributed by atoms with van der Waals surface area (Å²) in [6.45, 7) is 4.80. The summed E-state index contributed by atoms with van der Waals surface area (Å²) in [5.74, 6) is 1.24. The zero-order valence-corrected chi connectivity index (χ0v) is 13.6. The van der Waals surface area contributed by atoms with Crippen molar-refractivity contribution in [1.82, 2.24) is 5.32 Å². The molecule has 0 atom stereocenters. The fourth-order valence-corrected chi connectivity index (χ4v) is 2.92. The van der Waals surface area contributed by atoms with Gasteiger partial charge in [0, 0.05) is 23.7 Å². The minimum Gasteiger partial charge on any atom is -0.352 e. The maximum absolute atomic E-state index is 12.3. The van der Waals surface area contributed by atoms with Gasteiger partial charge >= 0.3 is 5.69 Å². The van der Waals surface area contributed by atoms with Crippen LogP contribution >= 0.6 is 0 Å². The Labute approximate surface area is 131 Å². The normalized spacial score (nSPS) is 21.2. The largest absolute Gasteiger partial charge is 0.352 e. The first-order valence-electron chi connectivity index (χ1n) is 7.91. The smallest absolute Gasteiger partial charge is 0.320 e. The number of aryl methyl sites for hydroxylation is 1. The minimum atomic E-state index is -0.135. The predicted molar refractivity (Wildman–Crippen MR) is 84.9 cm³/mol. The highest BCUT2D eigenvalue weighted by atomic mass is 16.8. The van der Waals surface area contributed by atoms with Crippen LogP contribution in [0.2, 0.25) is 0 Å². The minimum absolute atomic E-state index is 0.135. The molecule has 5 nitrogen and oxygen atoms in total. The molecule has 0 aromatic heterocycles. The van der Waals surface area contributed by atoms with Gasteiger partial charge in [0.05, 0.1) is 4.91 Å². The summed E-state index contributed by atoms with van der Waals surface area (Å²) in [5.41, 5.74) is 1.62. The van der Waals surface area contributed by atoms with Crippen molar-refractivity contribution in [2.24, 2.45) is 11.8 Å². The lowest BCUT2D eigenvalue weighted by Crippen LogP contribution is -2.31. The highest BCUT2D eigenvalue weighted by Crippen LogP contribution is 2.27. The third-order valence-electron chi connectivity index (χ3n) is 4.52. The number of nitrogens with zero attached hydrogens (tertiary/aromatic N) is 1. The average molecular weight is 305 g/mol. The Kier molecular flexibility index (Phi) is 5.52. The number of hydrogen-bond donors (Lipinski definition) is 1. The van der Waals surface area contributed by atoms with Gasteiger partial charge in [0.15, 0.2) is 7.11 Å². The molecule has 0 heterocycles. The van der Waals surface area contributed by atoms with E-state index in [1.807, 2.05) is 6.92 Å². The first-order valence-corrected chi connectivity index (χ1v) is 7.91. The Bertz CT molecular complexity index is 549. The van der Waals surface area contributed by atoms with E-state index in [-0.39, 0.29) is 5.91 Å². The average Bonchev–Trinajstić information content (AvgIpc) is 2.53. The fourth-order valence-electron chi connectivity index (χ4n) is 2.92. The highest BCUT2D eigenvalue weighted by molar-refractivity contribution is 5.94. The van der Waals surface area contributed by atoms with Gasteiger partial charge < -0.3 is 5.32 Å². The van der Waals surface area contributed by atoms with Crippen LogP contribution in [-0.2, 0) is 4.84 Å². The number of benzene rings is 1. The molecule has 1 fully saturated rings. The summed E-state index contributed by atoms with van der Waals surface area (Å²) in [7, 11) is 1.31. The van der Waals surface area contributed by atoms with Gasteiger partial charge in [-0.05, 0) is 37.7 Å². The third kappa shape index (κ3) is 4.06. The first-order chi connectivity index (χ1) is 10.5. The van der Waals surface area contributed by atoms with Gasteiger partial charge in [-0.1, -0.05) is 25.8 Å². The van der Waals surface area contributed by atoms with Gasteiger partial charge in [0.25, 0.3) is 10.8 Å². The number of hydrogen-bond acceptors (Lipinski definition) is 3. The van der Waals surface area contributed by atoms with E-state index in [2.05, 4.69) is 17.1 Å². The van der Waals surface area contributed by atoms with Crippen molar-refractivity contribution in [2.45, 2.75) is 39.5 Å². The van der Waals surface area contributed by atoms with Crippen LogP contribution in [0.15, 0.2) is 18.2 Å². The summed E-state index contributed by atoms with van der Waals surface area (Å²) in [5, 5.41) is 2.99. The number of nitrogens with one attached hydrogen (secondary N) is 1.